The van der Waals surface area contributed by atoms with E-state index in [9.17, 15) is 0 Å². The van der Waals surface area contributed by atoms with Crippen LogP contribution in [-0.4, -0.2) is 31.6 Å². The zero-order chi connectivity index (χ0) is 12.8. The lowest BCUT2D eigenvalue weighted by molar-refractivity contribution is 0.326. The van der Waals surface area contributed by atoms with Gasteiger partial charge in [0, 0.05) is 19.6 Å². The molecule has 2 aromatic rings. The van der Waals surface area contributed by atoms with Gasteiger partial charge in [-0.05, 0) is 36.0 Å². The van der Waals surface area contributed by atoms with Crippen molar-refractivity contribution in [2.24, 2.45) is 0 Å². The highest BCUT2D eigenvalue weighted by molar-refractivity contribution is 5.82. The molecule has 0 aromatic heterocycles. The standard InChI is InChI=1S/C16H22N2/c1-3-17-10-11-18(2)13-14-8-9-15-6-4-5-7-16(15)12-14/h4-9,12,17H,3,10-11,13H2,1-2H3. The molecule has 18 heavy (non-hydrogen) atoms. The summed E-state index contributed by atoms with van der Waals surface area (Å²) in [6.45, 7) is 6.34. The van der Waals surface area contributed by atoms with Crippen molar-refractivity contribution in [2.75, 3.05) is 26.7 Å². The van der Waals surface area contributed by atoms with E-state index in [1.807, 2.05) is 0 Å². The molecule has 0 fully saturated rings. The predicted molar refractivity (Wildman–Crippen MR) is 78.8 cm³/mol. The number of benzene rings is 2. The molecule has 0 unspecified atom stereocenters. The second kappa shape index (κ2) is 6.53. The van der Waals surface area contributed by atoms with Crippen LogP contribution >= 0.6 is 0 Å². The summed E-state index contributed by atoms with van der Waals surface area (Å²) in [6.07, 6.45) is 0. The van der Waals surface area contributed by atoms with Crippen molar-refractivity contribution in [2.45, 2.75) is 13.5 Å². The van der Waals surface area contributed by atoms with Crippen molar-refractivity contribution >= 4 is 10.8 Å². The first-order valence-corrected chi connectivity index (χ1v) is 6.66. The molecule has 0 saturated heterocycles. The van der Waals surface area contributed by atoms with Crippen molar-refractivity contribution < 1.29 is 0 Å². The van der Waals surface area contributed by atoms with E-state index in [-0.39, 0.29) is 0 Å². The second-order valence-corrected chi connectivity index (χ2v) is 4.77. The Hall–Kier alpha value is -1.38. The highest BCUT2D eigenvalue weighted by Gasteiger charge is 2.01. The Morgan fingerprint density at radius 1 is 1.06 bits per heavy atom. The van der Waals surface area contributed by atoms with Gasteiger partial charge in [0.25, 0.3) is 0 Å². The molecule has 1 N–H and O–H groups in total. The highest BCUT2D eigenvalue weighted by Crippen LogP contribution is 2.16. The maximum absolute atomic E-state index is 3.35. The Labute approximate surface area is 110 Å². The van der Waals surface area contributed by atoms with Gasteiger partial charge in [0.15, 0.2) is 0 Å². The first-order valence-electron chi connectivity index (χ1n) is 6.66. The minimum Gasteiger partial charge on any atom is -0.316 e. The number of nitrogens with one attached hydrogen (secondary N) is 1. The lowest BCUT2D eigenvalue weighted by Gasteiger charge is -2.17. The molecule has 96 valence electrons. The van der Waals surface area contributed by atoms with Crippen molar-refractivity contribution in [3.05, 3.63) is 48.0 Å². The van der Waals surface area contributed by atoms with Gasteiger partial charge in [0.2, 0.25) is 0 Å². The first-order chi connectivity index (χ1) is 8.79. The maximum Gasteiger partial charge on any atom is 0.0231 e. The van der Waals surface area contributed by atoms with Crippen LogP contribution in [0.1, 0.15) is 12.5 Å². The molecular weight excluding hydrogens is 220 g/mol. The lowest BCUT2D eigenvalue weighted by Crippen LogP contribution is -2.28. The van der Waals surface area contributed by atoms with E-state index in [4.69, 9.17) is 0 Å². The number of nitrogens with zero attached hydrogens (tertiary/aromatic N) is 1. The molecule has 0 heterocycles. The van der Waals surface area contributed by atoms with Crippen molar-refractivity contribution in [3.63, 3.8) is 0 Å². The molecule has 0 aliphatic carbocycles. The van der Waals surface area contributed by atoms with Gasteiger partial charge in [-0.2, -0.15) is 0 Å². The van der Waals surface area contributed by atoms with Gasteiger partial charge in [-0.15, -0.1) is 0 Å². The molecule has 0 atom stereocenters. The second-order valence-electron chi connectivity index (χ2n) is 4.77. The normalized spacial score (nSPS) is 11.3. The quantitative estimate of drug-likeness (QED) is 0.784. The minimum absolute atomic E-state index is 1.01. The van der Waals surface area contributed by atoms with E-state index < -0.39 is 0 Å². The third-order valence-corrected chi connectivity index (χ3v) is 3.19. The highest BCUT2D eigenvalue weighted by atomic mass is 15.1. The third-order valence-electron chi connectivity index (χ3n) is 3.19. The van der Waals surface area contributed by atoms with Gasteiger partial charge in [-0.3, -0.25) is 0 Å². The first kappa shape index (κ1) is 13.1. The summed E-state index contributed by atoms with van der Waals surface area (Å²) in [6, 6.07) is 15.3. The monoisotopic (exact) mass is 242 g/mol. The summed E-state index contributed by atoms with van der Waals surface area (Å²) < 4.78 is 0. The zero-order valence-electron chi connectivity index (χ0n) is 11.3. The van der Waals surface area contributed by atoms with Crippen molar-refractivity contribution in [1.82, 2.24) is 10.2 Å². The van der Waals surface area contributed by atoms with E-state index in [1.54, 1.807) is 0 Å². The van der Waals surface area contributed by atoms with E-state index in [0.717, 1.165) is 26.2 Å². The lowest BCUT2D eigenvalue weighted by atomic mass is 10.1. The van der Waals surface area contributed by atoms with Crippen LogP contribution in [0.3, 0.4) is 0 Å². The smallest absolute Gasteiger partial charge is 0.0231 e. The number of likely N-dealkylation sites (N-methyl/N-ethyl adjacent to an activating group) is 2. The van der Waals surface area contributed by atoms with Crippen molar-refractivity contribution in [1.29, 1.82) is 0 Å². The number of rotatable bonds is 6. The van der Waals surface area contributed by atoms with Crippen LogP contribution in [0.25, 0.3) is 10.8 Å². The summed E-state index contributed by atoms with van der Waals surface area (Å²) in [5.74, 6) is 0. The SMILES string of the molecule is CCNCCN(C)Cc1ccc2ccccc2c1. The molecule has 0 radical (unpaired) electrons. The Kier molecular flexibility index (Phi) is 4.73. The van der Waals surface area contributed by atoms with Gasteiger partial charge >= 0.3 is 0 Å². The van der Waals surface area contributed by atoms with Crippen LogP contribution in [0.2, 0.25) is 0 Å². The molecule has 2 rings (SSSR count). The van der Waals surface area contributed by atoms with Crippen LogP contribution in [0.5, 0.6) is 0 Å². The largest absolute Gasteiger partial charge is 0.316 e. The molecule has 2 nitrogen and oxygen atoms in total. The van der Waals surface area contributed by atoms with E-state index in [0.29, 0.717) is 0 Å². The number of fused-ring (bicyclic) bond motifs is 1. The van der Waals surface area contributed by atoms with E-state index in [1.165, 1.54) is 16.3 Å². The van der Waals surface area contributed by atoms with Crippen LogP contribution in [0.15, 0.2) is 42.5 Å². The zero-order valence-corrected chi connectivity index (χ0v) is 11.3. The molecule has 0 aliphatic rings. The molecule has 2 heteroatoms. The molecule has 0 saturated carbocycles. The fraction of sp³-hybridized carbons (Fsp3) is 0.375. The van der Waals surface area contributed by atoms with Gasteiger partial charge in [-0.1, -0.05) is 43.3 Å². The Balaban J connectivity index is 1.98. The minimum atomic E-state index is 1.01. The third kappa shape index (κ3) is 3.56. The number of hydrogen-bond acceptors (Lipinski definition) is 2. The fourth-order valence-corrected chi connectivity index (χ4v) is 2.17. The Morgan fingerprint density at radius 3 is 2.61 bits per heavy atom. The molecule has 2 aromatic carbocycles. The van der Waals surface area contributed by atoms with Crippen LogP contribution in [0, 0.1) is 0 Å². The average Bonchev–Trinajstić information content (AvgIpc) is 2.39. The molecule has 0 amide bonds. The summed E-state index contributed by atoms with van der Waals surface area (Å²) >= 11 is 0. The van der Waals surface area contributed by atoms with Gasteiger partial charge < -0.3 is 10.2 Å². The Morgan fingerprint density at radius 2 is 1.83 bits per heavy atom. The predicted octanol–water partition coefficient (Wildman–Crippen LogP) is 2.88. The Bertz CT molecular complexity index is 493. The fourth-order valence-electron chi connectivity index (χ4n) is 2.17. The molecule has 0 bridgehead atoms. The van der Waals surface area contributed by atoms with Crippen molar-refractivity contribution in [3.8, 4) is 0 Å². The average molecular weight is 242 g/mol. The van der Waals surface area contributed by atoms with E-state index >= 15 is 0 Å². The summed E-state index contributed by atoms with van der Waals surface area (Å²) in [5.41, 5.74) is 1.38. The van der Waals surface area contributed by atoms with Gasteiger partial charge in [0.1, 0.15) is 0 Å². The summed E-state index contributed by atoms with van der Waals surface area (Å²) in [5, 5.41) is 6.00. The van der Waals surface area contributed by atoms with Crippen LogP contribution in [-0.2, 0) is 6.54 Å². The van der Waals surface area contributed by atoms with Crippen LogP contribution in [0.4, 0.5) is 0 Å². The number of hydrogen-bond donors (Lipinski definition) is 1. The molecule has 0 aliphatic heterocycles. The summed E-state index contributed by atoms with van der Waals surface area (Å²) in [4.78, 5) is 2.35. The molecular formula is C16H22N2. The van der Waals surface area contributed by atoms with E-state index in [2.05, 4.69) is 66.7 Å². The van der Waals surface area contributed by atoms with Gasteiger partial charge in [0.05, 0.1) is 0 Å². The summed E-state index contributed by atoms with van der Waals surface area (Å²) in [7, 11) is 2.17. The molecule has 0 spiro atoms. The van der Waals surface area contributed by atoms with Crippen LogP contribution < -0.4 is 5.32 Å². The maximum atomic E-state index is 3.35. The topological polar surface area (TPSA) is 15.3 Å². The van der Waals surface area contributed by atoms with Gasteiger partial charge in [-0.25, -0.2) is 0 Å².